The van der Waals surface area contributed by atoms with Gasteiger partial charge in [-0.2, -0.15) is 0 Å². The Kier molecular flexibility index (Phi) is 4.94. The van der Waals surface area contributed by atoms with Crippen LogP contribution in [0.1, 0.15) is 17.2 Å². The molecule has 0 aliphatic rings. The summed E-state index contributed by atoms with van der Waals surface area (Å²) in [6.07, 6.45) is -0.963. The molecule has 1 atom stereocenters. The van der Waals surface area contributed by atoms with Crippen molar-refractivity contribution in [2.24, 2.45) is 0 Å². The molecule has 0 aliphatic carbocycles. The molecule has 0 radical (unpaired) electrons. The average Bonchev–Trinajstić information content (AvgIpc) is 2.53. The van der Waals surface area contributed by atoms with Crippen molar-refractivity contribution in [2.45, 2.75) is 6.10 Å². The molecule has 0 saturated heterocycles. The van der Waals surface area contributed by atoms with E-state index < -0.39 is 6.10 Å². The maximum Gasteiger partial charge on any atom is 0.128 e. The monoisotopic (exact) mass is 308 g/mol. The first-order chi connectivity index (χ1) is 10.1. The van der Waals surface area contributed by atoms with Crippen LogP contribution in [0.5, 0.6) is 17.2 Å². The van der Waals surface area contributed by atoms with E-state index in [4.69, 9.17) is 25.8 Å². The van der Waals surface area contributed by atoms with Gasteiger partial charge in [0.15, 0.2) is 0 Å². The number of methoxy groups -OCH3 is 3. The average molecular weight is 309 g/mol. The molecule has 112 valence electrons. The summed E-state index contributed by atoms with van der Waals surface area (Å²) in [5, 5.41) is 11.1. The fourth-order valence-electron chi connectivity index (χ4n) is 2.16. The predicted molar refractivity (Wildman–Crippen MR) is 81.6 cm³/mol. The summed E-state index contributed by atoms with van der Waals surface area (Å²) in [6.45, 7) is 0. The number of benzene rings is 2. The van der Waals surface area contributed by atoms with Crippen molar-refractivity contribution in [2.75, 3.05) is 21.3 Å². The van der Waals surface area contributed by atoms with Crippen LogP contribution in [0.4, 0.5) is 0 Å². The van der Waals surface area contributed by atoms with E-state index in [0.717, 1.165) is 0 Å². The molecule has 2 aromatic rings. The lowest BCUT2D eigenvalue weighted by atomic mass is 9.99. The number of aliphatic hydroxyl groups is 1. The maximum absolute atomic E-state index is 10.7. The molecule has 1 N–H and O–H groups in total. The van der Waals surface area contributed by atoms with Crippen LogP contribution in [-0.4, -0.2) is 26.4 Å². The van der Waals surface area contributed by atoms with Crippen molar-refractivity contribution in [3.63, 3.8) is 0 Å². The number of halogens is 1. The molecule has 0 aromatic heterocycles. The van der Waals surface area contributed by atoms with Gasteiger partial charge in [0.1, 0.15) is 23.4 Å². The van der Waals surface area contributed by atoms with Crippen LogP contribution in [0.25, 0.3) is 0 Å². The summed E-state index contributed by atoms with van der Waals surface area (Å²) in [4.78, 5) is 0. The van der Waals surface area contributed by atoms with Crippen LogP contribution in [0.2, 0.25) is 5.02 Å². The van der Waals surface area contributed by atoms with Crippen LogP contribution in [-0.2, 0) is 0 Å². The van der Waals surface area contributed by atoms with Gasteiger partial charge in [0, 0.05) is 17.2 Å². The van der Waals surface area contributed by atoms with Gasteiger partial charge in [-0.3, -0.25) is 0 Å². The normalized spacial score (nSPS) is 11.9. The third-order valence-corrected chi connectivity index (χ3v) is 3.57. The van der Waals surface area contributed by atoms with Crippen LogP contribution < -0.4 is 14.2 Å². The van der Waals surface area contributed by atoms with Gasteiger partial charge >= 0.3 is 0 Å². The highest BCUT2D eigenvalue weighted by Gasteiger charge is 2.22. The van der Waals surface area contributed by atoms with Crippen molar-refractivity contribution in [1.29, 1.82) is 0 Å². The molecule has 0 heterocycles. The van der Waals surface area contributed by atoms with E-state index >= 15 is 0 Å². The minimum absolute atomic E-state index is 0.430. The van der Waals surface area contributed by atoms with Gasteiger partial charge in [-0.25, -0.2) is 0 Å². The molecule has 4 nitrogen and oxygen atoms in total. The fourth-order valence-corrected chi connectivity index (χ4v) is 2.43. The van der Waals surface area contributed by atoms with E-state index in [1.165, 1.54) is 14.2 Å². The standard InChI is InChI=1S/C16H17ClO4/c1-19-10-7-8-11(14(9-10)21-3)16(18)15-12(17)5-4-6-13(15)20-2/h4-9,16,18H,1-3H3. The zero-order valence-corrected chi connectivity index (χ0v) is 12.8. The lowest BCUT2D eigenvalue weighted by Gasteiger charge is -2.19. The van der Waals surface area contributed by atoms with E-state index in [1.807, 2.05) is 0 Å². The van der Waals surface area contributed by atoms with Gasteiger partial charge in [0.25, 0.3) is 0 Å². The second kappa shape index (κ2) is 6.70. The molecule has 2 rings (SSSR count). The van der Waals surface area contributed by atoms with E-state index in [-0.39, 0.29) is 0 Å². The van der Waals surface area contributed by atoms with Gasteiger partial charge < -0.3 is 19.3 Å². The number of ether oxygens (including phenoxy) is 3. The third kappa shape index (κ3) is 3.06. The molecule has 0 aliphatic heterocycles. The minimum atomic E-state index is -0.963. The molecule has 21 heavy (non-hydrogen) atoms. The van der Waals surface area contributed by atoms with E-state index in [2.05, 4.69) is 0 Å². The second-order valence-corrected chi connectivity index (χ2v) is 4.77. The SMILES string of the molecule is COc1ccc(C(O)c2c(Cl)cccc2OC)c(OC)c1. The zero-order chi connectivity index (χ0) is 15.4. The number of hydrogen-bond donors (Lipinski definition) is 1. The molecule has 0 bridgehead atoms. The van der Waals surface area contributed by atoms with Crippen LogP contribution in [0, 0.1) is 0 Å². The molecule has 1 unspecified atom stereocenters. The third-order valence-electron chi connectivity index (χ3n) is 3.24. The van der Waals surface area contributed by atoms with Gasteiger partial charge in [-0.1, -0.05) is 17.7 Å². The van der Waals surface area contributed by atoms with E-state index in [0.29, 0.717) is 33.4 Å². The number of rotatable bonds is 5. The van der Waals surface area contributed by atoms with E-state index in [1.54, 1.807) is 43.5 Å². The first-order valence-electron chi connectivity index (χ1n) is 6.34. The first kappa shape index (κ1) is 15.5. The molecule has 5 heteroatoms. The Balaban J connectivity index is 2.52. The summed E-state index contributed by atoms with van der Waals surface area (Å²) in [6, 6.07) is 10.4. The van der Waals surface area contributed by atoms with Crippen LogP contribution in [0.15, 0.2) is 36.4 Å². The predicted octanol–water partition coefficient (Wildman–Crippen LogP) is 3.45. The van der Waals surface area contributed by atoms with Crippen LogP contribution >= 0.6 is 11.6 Å². The lowest BCUT2D eigenvalue weighted by Crippen LogP contribution is -2.05. The quantitative estimate of drug-likeness (QED) is 0.919. The topological polar surface area (TPSA) is 47.9 Å². The van der Waals surface area contributed by atoms with Gasteiger partial charge in [-0.05, 0) is 24.3 Å². The second-order valence-electron chi connectivity index (χ2n) is 4.37. The van der Waals surface area contributed by atoms with Gasteiger partial charge in [-0.15, -0.1) is 0 Å². The highest BCUT2D eigenvalue weighted by molar-refractivity contribution is 6.31. The summed E-state index contributed by atoms with van der Waals surface area (Å²) < 4.78 is 15.8. The zero-order valence-electron chi connectivity index (χ0n) is 12.1. The summed E-state index contributed by atoms with van der Waals surface area (Å²) in [5.74, 6) is 1.69. The van der Waals surface area contributed by atoms with Gasteiger partial charge in [0.2, 0.25) is 0 Å². The fraction of sp³-hybridized carbons (Fsp3) is 0.250. The molecular formula is C16H17ClO4. The number of aliphatic hydroxyl groups excluding tert-OH is 1. The van der Waals surface area contributed by atoms with Crippen LogP contribution in [0.3, 0.4) is 0 Å². The smallest absolute Gasteiger partial charge is 0.128 e. The molecule has 0 saturated carbocycles. The largest absolute Gasteiger partial charge is 0.497 e. The van der Waals surface area contributed by atoms with Crippen molar-refractivity contribution in [3.8, 4) is 17.2 Å². The van der Waals surface area contributed by atoms with Crippen molar-refractivity contribution in [3.05, 3.63) is 52.5 Å². The van der Waals surface area contributed by atoms with Crippen molar-refractivity contribution in [1.82, 2.24) is 0 Å². The minimum Gasteiger partial charge on any atom is -0.497 e. The number of hydrogen-bond acceptors (Lipinski definition) is 4. The highest BCUT2D eigenvalue weighted by Crippen LogP contribution is 2.39. The Hall–Kier alpha value is -1.91. The highest BCUT2D eigenvalue weighted by atomic mass is 35.5. The van der Waals surface area contributed by atoms with E-state index in [9.17, 15) is 5.11 Å². The van der Waals surface area contributed by atoms with Crippen molar-refractivity contribution < 1.29 is 19.3 Å². The molecule has 0 fully saturated rings. The molecule has 0 amide bonds. The molecular weight excluding hydrogens is 292 g/mol. The van der Waals surface area contributed by atoms with Crippen molar-refractivity contribution >= 4 is 11.6 Å². The Morgan fingerprint density at radius 1 is 0.952 bits per heavy atom. The lowest BCUT2D eigenvalue weighted by molar-refractivity contribution is 0.209. The van der Waals surface area contributed by atoms with Gasteiger partial charge in [0.05, 0.1) is 26.4 Å². The molecule has 2 aromatic carbocycles. The summed E-state index contributed by atoms with van der Waals surface area (Å²) in [7, 11) is 4.64. The first-order valence-corrected chi connectivity index (χ1v) is 6.72. The Bertz CT molecular complexity index is 628. The maximum atomic E-state index is 10.7. The Labute approximate surface area is 128 Å². The summed E-state index contributed by atoms with van der Waals surface area (Å²) >= 11 is 6.20. The Morgan fingerprint density at radius 3 is 2.29 bits per heavy atom. The summed E-state index contributed by atoms with van der Waals surface area (Å²) in [5.41, 5.74) is 1.09. The Morgan fingerprint density at radius 2 is 1.67 bits per heavy atom. The molecule has 0 spiro atoms.